The van der Waals surface area contributed by atoms with E-state index >= 15 is 0 Å². The third kappa shape index (κ3) is 3.83. The fourth-order valence-corrected chi connectivity index (χ4v) is 4.54. The van der Waals surface area contributed by atoms with Crippen molar-refractivity contribution < 1.29 is 19.1 Å². The van der Waals surface area contributed by atoms with Gasteiger partial charge in [-0.25, -0.2) is 4.79 Å². The van der Waals surface area contributed by atoms with Gasteiger partial charge in [-0.05, 0) is 25.2 Å². The van der Waals surface area contributed by atoms with Crippen LogP contribution in [0.5, 0.6) is 0 Å². The summed E-state index contributed by atoms with van der Waals surface area (Å²) in [6.45, 7) is 8.88. The predicted octanol–water partition coefficient (Wildman–Crippen LogP) is 1.57. The smallest absolute Gasteiger partial charge is 0.321 e. The van der Waals surface area contributed by atoms with Gasteiger partial charge in [0.25, 0.3) is 0 Å². The molecule has 3 aliphatic rings. The van der Waals surface area contributed by atoms with Crippen molar-refractivity contribution in [2.45, 2.75) is 51.1 Å². The van der Waals surface area contributed by atoms with E-state index in [1.165, 1.54) is 0 Å². The van der Waals surface area contributed by atoms with Crippen LogP contribution < -0.4 is 0 Å². The summed E-state index contributed by atoms with van der Waals surface area (Å²) in [7, 11) is 1.66. The number of piperidine rings is 1. The molecule has 7 heteroatoms. The molecule has 1 unspecified atom stereocenters. The lowest BCUT2D eigenvalue weighted by Crippen LogP contribution is -2.56. The summed E-state index contributed by atoms with van der Waals surface area (Å²) in [5.74, 6) is 0.625. The molecule has 0 saturated carbocycles. The fraction of sp³-hybridized carbons (Fsp3) is 0.895. The maximum Gasteiger partial charge on any atom is 0.321 e. The number of hydrogen-bond donors (Lipinski definition) is 0. The number of methoxy groups -OCH3 is 1. The van der Waals surface area contributed by atoms with Gasteiger partial charge >= 0.3 is 6.03 Å². The lowest BCUT2D eigenvalue weighted by Gasteiger charge is -2.42. The van der Waals surface area contributed by atoms with E-state index in [1.54, 1.807) is 7.11 Å². The number of ether oxygens (including phenoxy) is 2. The van der Waals surface area contributed by atoms with Crippen molar-refractivity contribution in [3.8, 4) is 0 Å². The Hall–Kier alpha value is -1.34. The van der Waals surface area contributed by atoms with E-state index in [9.17, 15) is 9.59 Å². The summed E-state index contributed by atoms with van der Waals surface area (Å²) in [5, 5.41) is 0. The number of carbonyl (C=O) groups excluding carboxylic acids is 2. The molecule has 0 radical (unpaired) electrons. The summed E-state index contributed by atoms with van der Waals surface area (Å²) >= 11 is 0. The maximum atomic E-state index is 13.1. The third-order valence-corrected chi connectivity index (χ3v) is 5.89. The second kappa shape index (κ2) is 8.13. The highest BCUT2D eigenvalue weighted by molar-refractivity contribution is 5.79. The van der Waals surface area contributed by atoms with Gasteiger partial charge in [-0.15, -0.1) is 0 Å². The molecule has 148 valence electrons. The average molecular weight is 367 g/mol. The molecule has 7 nitrogen and oxygen atoms in total. The molecule has 0 aromatic carbocycles. The summed E-state index contributed by atoms with van der Waals surface area (Å²) < 4.78 is 10.9. The number of carbonyl (C=O) groups is 2. The Morgan fingerprint density at radius 2 is 2.08 bits per heavy atom. The quantitative estimate of drug-likeness (QED) is 0.715. The largest absolute Gasteiger partial charge is 0.383 e. The fourth-order valence-electron chi connectivity index (χ4n) is 4.54. The maximum absolute atomic E-state index is 13.1. The van der Waals surface area contributed by atoms with Crippen LogP contribution in [0.15, 0.2) is 0 Å². The number of hydrogen-bond acceptors (Lipinski definition) is 4. The van der Waals surface area contributed by atoms with E-state index < -0.39 is 0 Å². The Morgan fingerprint density at radius 1 is 1.35 bits per heavy atom. The zero-order valence-electron chi connectivity index (χ0n) is 16.4. The van der Waals surface area contributed by atoms with Crippen LogP contribution in [0.25, 0.3) is 0 Å². The lowest BCUT2D eigenvalue weighted by molar-refractivity contribution is -0.133. The molecular formula is C19H33N3O4. The van der Waals surface area contributed by atoms with E-state index in [1.807, 2.05) is 9.80 Å². The molecule has 3 aliphatic heterocycles. The minimum absolute atomic E-state index is 0.111. The number of rotatable bonds is 6. The minimum Gasteiger partial charge on any atom is -0.383 e. The Labute approximate surface area is 156 Å². The molecular weight excluding hydrogens is 334 g/mol. The van der Waals surface area contributed by atoms with Gasteiger partial charge in [0.15, 0.2) is 0 Å². The highest BCUT2D eigenvalue weighted by atomic mass is 16.5. The van der Waals surface area contributed by atoms with Crippen LogP contribution in [0.3, 0.4) is 0 Å². The number of likely N-dealkylation sites (tertiary alicyclic amines) is 1. The van der Waals surface area contributed by atoms with E-state index in [0.29, 0.717) is 38.7 Å². The van der Waals surface area contributed by atoms with Gasteiger partial charge in [-0.2, -0.15) is 0 Å². The van der Waals surface area contributed by atoms with Crippen LogP contribution in [0.1, 0.15) is 39.5 Å². The zero-order valence-corrected chi connectivity index (χ0v) is 16.4. The summed E-state index contributed by atoms with van der Waals surface area (Å²) in [5.41, 5.74) is -0.195. The van der Waals surface area contributed by atoms with Crippen molar-refractivity contribution in [3.05, 3.63) is 0 Å². The molecule has 3 rings (SSSR count). The van der Waals surface area contributed by atoms with Crippen LogP contribution in [0.2, 0.25) is 0 Å². The third-order valence-electron chi connectivity index (χ3n) is 5.89. The van der Waals surface area contributed by atoms with E-state index in [0.717, 1.165) is 38.9 Å². The highest BCUT2D eigenvalue weighted by Crippen LogP contribution is 2.38. The summed E-state index contributed by atoms with van der Waals surface area (Å²) in [6, 6.07) is 0.305. The molecule has 1 atom stereocenters. The molecule has 3 amide bonds. The first-order valence-electron chi connectivity index (χ1n) is 9.89. The van der Waals surface area contributed by atoms with Gasteiger partial charge < -0.3 is 24.2 Å². The molecule has 3 fully saturated rings. The second-order valence-electron chi connectivity index (χ2n) is 8.30. The van der Waals surface area contributed by atoms with Gasteiger partial charge in [-0.1, -0.05) is 13.8 Å². The van der Waals surface area contributed by atoms with E-state index in [-0.39, 0.29) is 23.5 Å². The van der Waals surface area contributed by atoms with E-state index in [2.05, 4.69) is 18.7 Å². The zero-order chi connectivity index (χ0) is 18.7. The Balaban J connectivity index is 1.65. The normalized spacial score (nSPS) is 27.4. The Morgan fingerprint density at radius 3 is 2.65 bits per heavy atom. The number of urea groups is 1. The molecule has 3 saturated heterocycles. The van der Waals surface area contributed by atoms with Crippen LogP contribution in [-0.4, -0.2) is 91.3 Å². The molecule has 0 N–H and O–H groups in total. The Kier molecular flexibility index (Phi) is 6.07. The Bertz CT molecular complexity index is 511. The SMILES string of the molecule is COCCN1CC2(CCOC2)N(C2CCN(C(=O)CC(C)C)CC2)C1=O. The molecule has 0 aromatic rings. The number of amides is 3. The van der Waals surface area contributed by atoms with Crippen molar-refractivity contribution in [3.63, 3.8) is 0 Å². The van der Waals surface area contributed by atoms with Gasteiger partial charge in [-0.3, -0.25) is 4.79 Å². The van der Waals surface area contributed by atoms with Crippen molar-refractivity contribution >= 4 is 11.9 Å². The van der Waals surface area contributed by atoms with Crippen LogP contribution in [-0.2, 0) is 14.3 Å². The molecule has 1 spiro atoms. The first-order valence-corrected chi connectivity index (χ1v) is 9.89. The first-order chi connectivity index (χ1) is 12.5. The predicted molar refractivity (Wildman–Crippen MR) is 97.9 cm³/mol. The van der Waals surface area contributed by atoms with Crippen molar-refractivity contribution in [2.75, 3.05) is 53.1 Å². The second-order valence-corrected chi connectivity index (χ2v) is 8.30. The topological polar surface area (TPSA) is 62.3 Å². The minimum atomic E-state index is -0.195. The average Bonchev–Trinajstić information content (AvgIpc) is 3.18. The molecule has 0 bridgehead atoms. The molecule has 3 heterocycles. The first kappa shape index (κ1) is 19.4. The standard InChI is InChI=1S/C19H33N3O4/c1-15(2)12-17(23)20-7-4-16(5-8-20)22-18(24)21(9-11-25-3)13-19(22)6-10-26-14-19/h15-16H,4-14H2,1-3H3. The highest BCUT2D eigenvalue weighted by Gasteiger charge is 2.54. The number of nitrogens with zero attached hydrogens (tertiary/aromatic N) is 3. The molecule has 0 aliphatic carbocycles. The summed E-state index contributed by atoms with van der Waals surface area (Å²) in [6.07, 6.45) is 3.22. The van der Waals surface area contributed by atoms with Crippen molar-refractivity contribution in [1.29, 1.82) is 0 Å². The van der Waals surface area contributed by atoms with Crippen LogP contribution in [0.4, 0.5) is 4.79 Å². The summed E-state index contributed by atoms with van der Waals surface area (Å²) in [4.78, 5) is 31.4. The van der Waals surface area contributed by atoms with Crippen molar-refractivity contribution in [1.82, 2.24) is 14.7 Å². The monoisotopic (exact) mass is 367 g/mol. The lowest BCUT2D eigenvalue weighted by atomic mass is 9.92. The van der Waals surface area contributed by atoms with Gasteiger partial charge in [0.1, 0.15) is 0 Å². The molecule has 0 aromatic heterocycles. The van der Waals surface area contributed by atoms with Crippen molar-refractivity contribution in [2.24, 2.45) is 5.92 Å². The van der Waals surface area contributed by atoms with Crippen LogP contribution in [0, 0.1) is 5.92 Å². The van der Waals surface area contributed by atoms with E-state index in [4.69, 9.17) is 9.47 Å². The molecule has 26 heavy (non-hydrogen) atoms. The van der Waals surface area contributed by atoms with Gasteiger partial charge in [0, 0.05) is 52.4 Å². The van der Waals surface area contributed by atoms with Gasteiger partial charge in [0.2, 0.25) is 5.91 Å². The van der Waals surface area contributed by atoms with Crippen LogP contribution >= 0.6 is 0 Å². The van der Waals surface area contributed by atoms with Gasteiger partial charge in [0.05, 0.1) is 18.8 Å².